The van der Waals surface area contributed by atoms with Crippen LogP contribution >= 0.6 is 0 Å². The number of amides is 1. The van der Waals surface area contributed by atoms with E-state index in [-0.39, 0.29) is 5.91 Å². The van der Waals surface area contributed by atoms with Crippen LogP contribution in [0, 0.1) is 0 Å². The monoisotopic (exact) mass is 421 g/mol. The molecule has 31 heavy (non-hydrogen) atoms. The third-order valence-corrected chi connectivity index (χ3v) is 5.50. The van der Waals surface area contributed by atoms with Gasteiger partial charge in [-0.2, -0.15) is 0 Å². The van der Waals surface area contributed by atoms with Gasteiger partial charge in [-0.15, -0.1) is 0 Å². The summed E-state index contributed by atoms with van der Waals surface area (Å²) >= 11 is 0. The van der Waals surface area contributed by atoms with Crippen LogP contribution in [0.5, 0.6) is 17.2 Å². The quantitative estimate of drug-likeness (QED) is 0.717. The van der Waals surface area contributed by atoms with E-state index in [1.807, 2.05) is 69.3 Å². The van der Waals surface area contributed by atoms with Gasteiger partial charge in [0.15, 0.2) is 0 Å². The summed E-state index contributed by atoms with van der Waals surface area (Å²) in [5, 5.41) is 0. The van der Waals surface area contributed by atoms with Gasteiger partial charge in [0.05, 0.1) is 32.6 Å². The fourth-order valence-electron chi connectivity index (χ4n) is 4.10. The van der Waals surface area contributed by atoms with Crippen LogP contribution in [0.15, 0.2) is 54.3 Å². The van der Waals surface area contributed by atoms with Gasteiger partial charge in [-0.1, -0.05) is 12.1 Å². The number of rotatable bonds is 4. The highest BCUT2D eigenvalue weighted by molar-refractivity contribution is 6.11. The first-order chi connectivity index (χ1) is 14.7. The largest absolute Gasteiger partial charge is 0.497 e. The zero-order valence-electron chi connectivity index (χ0n) is 18.7. The molecule has 0 N–H and O–H groups in total. The molecule has 162 valence electrons. The first kappa shape index (κ1) is 20.8. The average Bonchev–Trinajstić information content (AvgIpc) is 3.27. The van der Waals surface area contributed by atoms with E-state index in [1.165, 1.54) is 0 Å². The first-order valence-electron chi connectivity index (χ1n) is 10.1. The van der Waals surface area contributed by atoms with Crippen molar-refractivity contribution in [1.82, 2.24) is 0 Å². The lowest BCUT2D eigenvalue weighted by atomic mass is 9.94. The Hall–Kier alpha value is -3.41. The number of carbonyl (C=O) groups excluding carboxylic acids is 1. The lowest BCUT2D eigenvalue weighted by Gasteiger charge is -2.33. The number of nitrogens with zero attached hydrogens (tertiary/aromatic N) is 1. The summed E-state index contributed by atoms with van der Waals surface area (Å²) in [4.78, 5) is 15.5. The predicted molar refractivity (Wildman–Crippen MR) is 120 cm³/mol. The molecular weight excluding hydrogens is 394 g/mol. The zero-order chi connectivity index (χ0) is 22.4. The molecule has 0 fully saturated rings. The number of methoxy groups -OCH3 is 3. The Bertz CT molecular complexity index is 1080. The minimum Gasteiger partial charge on any atom is -0.497 e. The Morgan fingerprint density at radius 3 is 2.23 bits per heavy atom. The van der Waals surface area contributed by atoms with Crippen LogP contribution in [0.4, 0.5) is 5.69 Å². The van der Waals surface area contributed by atoms with Gasteiger partial charge in [0, 0.05) is 17.7 Å². The van der Waals surface area contributed by atoms with Crippen molar-refractivity contribution >= 4 is 17.7 Å². The maximum atomic E-state index is 13.8. The molecule has 1 atom stereocenters. The number of fused-ring (bicyclic) bond motifs is 2. The lowest BCUT2D eigenvalue weighted by Crippen LogP contribution is -2.48. The molecule has 0 aromatic heterocycles. The number of benzene rings is 2. The molecule has 2 aliphatic heterocycles. The van der Waals surface area contributed by atoms with Crippen molar-refractivity contribution in [3.05, 3.63) is 65.4 Å². The van der Waals surface area contributed by atoms with Gasteiger partial charge in [0.2, 0.25) is 5.60 Å². The lowest BCUT2D eigenvalue weighted by molar-refractivity contribution is -0.133. The summed E-state index contributed by atoms with van der Waals surface area (Å²) in [6, 6.07) is 11.3. The molecule has 2 aromatic carbocycles. The number of hydrogen-bond donors (Lipinski definition) is 0. The van der Waals surface area contributed by atoms with Crippen molar-refractivity contribution in [2.75, 3.05) is 26.2 Å². The molecule has 0 saturated carbocycles. The molecule has 6 heteroatoms. The van der Waals surface area contributed by atoms with Crippen LogP contribution in [0.25, 0.3) is 6.08 Å². The minimum atomic E-state index is -1.28. The standard InChI is InChI=1S/C25H27NO5/c1-24(2,3)26-20-14-19(29-5)15-21(30-6)22(20)25(23(26)27)12-11-18(31-25)13-16-7-9-17(28-4)10-8-16/h7-15H,1-6H3/b18-13-. The Kier molecular flexibility index (Phi) is 4.96. The van der Waals surface area contributed by atoms with E-state index >= 15 is 0 Å². The smallest absolute Gasteiger partial charge is 0.280 e. The molecule has 0 radical (unpaired) electrons. The van der Waals surface area contributed by atoms with Crippen molar-refractivity contribution in [2.45, 2.75) is 31.9 Å². The van der Waals surface area contributed by atoms with Crippen molar-refractivity contribution < 1.29 is 23.7 Å². The Morgan fingerprint density at radius 1 is 0.968 bits per heavy atom. The normalized spacial score (nSPS) is 20.9. The second-order valence-corrected chi connectivity index (χ2v) is 8.53. The molecule has 2 aromatic rings. The fraction of sp³-hybridized carbons (Fsp3) is 0.320. The van der Waals surface area contributed by atoms with Gasteiger partial charge in [-0.3, -0.25) is 4.79 Å². The number of hydrogen-bond acceptors (Lipinski definition) is 5. The third kappa shape index (κ3) is 3.32. The maximum absolute atomic E-state index is 13.8. The molecule has 1 spiro atoms. The fourth-order valence-corrected chi connectivity index (χ4v) is 4.10. The van der Waals surface area contributed by atoms with E-state index in [9.17, 15) is 4.79 Å². The zero-order valence-corrected chi connectivity index (χ0v) is 18.7. The molecule has 0 bridgehead atoms. The van der Waals surface area contributed by atoms with Crippen LogP contribution in [-0.2, 0) is 15.1 Å². The molecule has 1 unspecified atom stereocenters. The van der Waals surface area contributed by atoms with Crippen molar-refractivity contribution in [3.63, 3.8) is 0 Å². The van der Waals surface area contributed by atoms with E-state index in [0.717, 1.165) is 17.0 Å². The first-order valence-corrected chi connectivity index (χ1v) is 10.1. The van der Waals surface area contributed by atoms with Crippen molar-refractivity contribution in [3.8, 4) is 17.2 Å². The highest BCUT2D eigenvalue weighted by Crippen LogP contribution is 2.55. The van der Waals surface area contributed by atoms with E-state index in [2.05, 4.69) is 0 Å². The van der Waals surface area contributed by atoms with E-state index < -0.39 is 11.1 Å². The van der Waals surface area contributed by atoms with Gasteiger partial charge < -0.3 is 23.8 Å². The van der Waals surface area contributed by atoms with E-state index in [0.29, 0.717) is 22.8 Å². The maximum Gasteiger partial charge on any atom is 0.280 e. The van der Waals surface area contributed by atoms with Crippen molar-refractivity contribution in [1.29, 1.82) is 0 Å². The molecule has 6 nitrogen and oxygen atoms in total. The molecule has 2 aliphatic rings. The van der Waals surface area contributed by atoms with Crippen molar-refractivity contribution in [2.24, 2.45) is 0 Å². The summed E-state index contributed by atoms with van der Waals surface area (Å²) in [6.45, 7) is 5.98. The molecule has 2 heterocycles. The van der Waals surface area contributed by atoms with Gasteiger partial charge in [-0.25, -0.2) is 0 Å². The van der Waals surface area contributed by atoms with Gasteiger partial charge in [0.25, 0.3) is 5.91 Å². The molecule has 1 amide bonds. The third-order valence-electron chi connectivity index (χ3n) is 5.50. The highest BCUT2D eigenvalue weighted by atomic mass is 16.5. The molecule has 0 saturated heterocycles. The van der Waals surface area contributed by atoms with Crippen LogP contribution in [0.1, 0.15) is 31.9 Å². The SMILES string of the molecule is COc1ccc(/C=C2/C=CC3(O2)C(=O)N(C(C)(C)C)c2cc(OC)cc(OC)c23)cc1. The molecule has 4 rings (SSSR count). The predicted octanol–water partition coefficient (Wildman–Crippen LogP) is 4.68. The van der Waals surface area contributed by atoms with Crippen LogP contribution in [0.2, 0.25) is 0 Å². The average molecular weight is 421 g/mol. The molecule has 0 aliphatic carbocycles. The van der Waals surface area contributed by atoms with Crippen LogP contribution < -0.4 is 19.1 Å². The summed E-state index contributed by atoms with van der Waals surface area (Å²) in [5.41, 5.74) is 0.608. The topological polar surface area (TPSA) is 57.2 Å². The van der Waals surface area contributed by atoms with Crippen LogP contribution in [-0.4, -0.2) is 32.8 Å². The van der Waals surface area contributed by atoms with Gasteiger partial charge >= 0.3 is 0 Å². The summed E-state index contributed by atoms with van der Waals surface area (Å²) in [6.07, 6.45) is 5.54. The highest BCUT2D eigenvalue weighted by Gasteiger charge is 2.58. The number of anilines is 1. The van der Waals surface area contributed by atoms with E-state index in [4.69, 9.17) is 18.9 Å². The Balaban J connectivity index is 1.82. The summed E-state index contributed by atoms with van der Waals surface area (Å²) < 4.78 is 22.7. The Morgan fingerprint density at radius 2 is 1.65 bits per heavy atom. The summed E-state index contributed by atoms with van der Waals surface area (Å²) in [7, 11) is 4.81. The van der Waals surface area contributed by atoms with Gasteiger partial charge in [0.1, 0.15) is 23.0 Å². The van der Waals surface area contributed by atoms with E-state index in [1.54, 1.807) is 32.3 Å². The van der Waals surface area contributed by atoms with Crippen LogP contribution in [0.3, 0.4) is 0 Å². The number of carbonyl (C=O) groups is 1. The number of allylic oxidation sites excluding steroid dienone is 1. The second-order valence-electron chi connectivity index (χ2n) is 8.53. The minimum absolute atomic E-state index is 0.157. The second kappa shape index (κ2) is 7.38. The molecular formula is C25H27NO5. The number of ether oxygens (including phenoxy) is 4. The summed E-state index contributed by atoms with van der Waals surface area (Å²) in [5.74, 6) is 2.38. The Labute approximate surface area is 182 Å². The van der Waals surface area contributed by atoms with Gasteiger partial charge in [-0.05, 0) is 56.7 Å².